The number of nitrogens with zero attached hydrogens (tertiary/aromatic N) is 7. The third-order valence-electron chi connectivity index (χ3n) is 5.53. The van der Waals surface area contributed by atoms with Gasteiger partial charge in [-0.3, -0.25) is 4.90 Å². The second-order valence-corrected chi connectivity index (χ2v) is 8.50. The molecule has 168 valence electrons. The van der Waals surface area contributed by atoms with E-state index in [0.717, 1.165) is 55.3 Å². The summed E-state index contributed by atoms with van der Waals surface area (Å²) in [7, 11) is 2.17. The van der Waals surface area contributed by atoms with E-state index < -0.39 is 0 Å². The Morgan fingerprint density at radius 1 is 1.22 bits per heavy atom. The van der Waals surface area contributed by atoms with E-state index in [9.17, 15) is 0 Å². The lowest BCUT2D eigenvalue weighted by molar-refractivity contribution is -0.689. The zero-order valence-corrected chi connectivity index (χ0v) is 18.9. The highest BCUT2D eigenvalue weighted by molar-refractivity contribution is 5.99. The Hall–Kier alpha value is -3.21. The highest BCUT2D eigenvalue weighted by atomic mass is 15.3. The molecule has 0 aliphatic carbocycles. The second kappa shape index (κ2) is 9.94. The summed E-state index contributed by atoms with van der Waals surface area (Å²) in [5.41, 5.74) is 11.4. The monoisotopic (exact) mass is 436 g/mol. The van der Waals surface area contributed by atoms with E-state index in [4.69, 9.17) is 5.53 Å². The van der Waals surface area contributed by atoms with Gasteiger partial charge >= 0.3 is 0 Å². The normalized spacial score (nSPS) is 16.1. The molecule has 1 aliphatic heterocycles. The van der Waals surface area contributed by atoms with Gasteiger partial charge in [-0.1, -0.05) is 17.2 Å². The molecule has 0 atom stereocenters. The molecule has 0 unspecified atom stereocenters. The number of aromatic nitrogens is 3. The third kappa shape index (κ3) is 5.16. The van der Waals surface area contributed by atoms with Crippen molar-refractivity contribution in [1.29, 1.82) is 0 Å². The molecule has 1 saturated heterocycles. The molecular weight excluding hydrogens is 404 g/mol. The van der Waals surface area contributed by atoms with E-state index in [1.807, 2.05) is 40.4 Å². The number of fused-ring (bicyclic) bond motifs is 1. The van der Waals surface area contributed by atoms with Crippen molar-refractivity contribution >= 4 is 22.9 Å². The molecule has 0 spiro atoms. The average molecular weight is 437 g/mol. The van der Waals surface area contributed by atoms with Crippen molar-refractivity contribution in [2.45, 2.75) is 26.4 Å². The highest BCUT2D eigenvalue weighted by Gasteiger charge is 2.18. The van der Waals surface area contributed by atoms with E-state index >= 15 is 0 Å². The van der Waals surface area contributed by atoms with Gasteiger partial charge < -0.3 is 10.2 Å². The van der Waals surface area contributed by atoms with Gasteiger partial charge in [0.05, 0.1) is 0 Å². The number of piperazine rings is 1. The number of benzene rings is 1. The van der Waals surface area contributed by atoms with Crippen molar-refractivity contribution < 1.29 is 11.0 Å². The molecule has 32 heavy (non-hydrogen) atoms. The lowest BCUT2D eigenvalue weighted by atomic mass is 10.2. The van der Waals surface area contributed by atoms with Crippen molar-refractivity contribution in [3.8, 4) is 0 Å². The summed E-state index contributed by atoms with van der Waals surface area (Å²) in [6.07, 6.45) is 3.56. The first-order valence-electron chi connectivity index (χ1n) is 10.9. The molecular formula is C22H32N10+2. The van der Waals surface area contributed by atoms with Gasteiger partial charge in [0.25, 0.3) is 5.84 Å². The first kappa shape index (κ1) is 22.0. The lowest BCUT2D eigenvalue weighted by Crippen LogP contribution is -2.83. The van der Waals surface area contributed by atoms with Crippen LogP contribution in [0.3, 0.4) is 0 Å². The maximum atomic E-state index is 5.59. The number of amidine groups is 1. The first-order valence-corrected chi connectivity index (χ1v) is 10.9. The minimum Gasteiger partial charge on any atom is -0.338 e. The maximum Gasteiger partial charge on any atom is 0.279 e. The van der Waals surface area contributed by atoms with Crippen molar-refractivity contribution in [2.75, 3.05) is 38.5 Å². The number of hydrogen-bond acceptors (Lipinski definition) is 6. The SMILES string of the molecule is CC(C)[NH2+]/N=C(\N=[NH2+])c1cccc(Nc2ncnn3ccc(CN4CCN(C)CC4)c23)c1. The number of likely N-dealkylation sites (N-methyl/N-ethyl adjacent to an activating group) is 1. The summed E-state index contributed by atoms with van der Waals surface area (Å²) >= 11 is 0. The summed E-state index contributed by atoms with van der Waals surface area (Å²) in [4.78, 5) is 9.38. The molecule has 10 heteroatoms. The van der Waals surface area contributed by atoms with Gasteiger partial charge in [-0.25, -0.2) is 14.9 Å². The zero-order chi connectivity index (χ0) is 22.5. The van der Waals surface area contributed by atoms with Crippen LogP contribution in [-0.4, -0.2) is 69.5 Å². The van der Waals surface area contributed by atoms with Crippen molar-refractivity contribution in [2.24, 2.45) is 10.2 Å². The van der Waals surface area contributed by atoms with Gasteiger partial charge in [-0.2, -0.15) is 5.10 Å². The van der Waals surface area contributed by atoms with Crippen LogP contribution in [0.1, 0.15) is 25.0 Å². The molecule has 10 nitrogen and oxygen atoms in total. The number of quaternary nitrogens is 1. The quantitative estimate of drug-likeness (QED) is 0.159. The van der Waals surface area contributed by atoms with Crippen LogP contribution in [0.5, 0.6) is 0 Å². The minimum atomic E-state index is 0.315. The van der Waals surface area contributed by atoms with Crippen LogP contribution in [-0.2, 0) is 6.54 Å². The molecule has 0 bridgehead atoms. The number of nitrogens with one attached hydrogen (secondary N) is 1. The van der Waals surface area contributed by atoms with Crippen LogP contribution < -0.4 is 16.3 Å². The zero-order valence-electron chi connectivity index (χ0n) is 18.9. The van der Waals surface area contributed by atoms with Crippen molar-refractivity contribution in [1.82, 2.24) is 24.4 Å². The molecule has 1 fully saturated rings. The van der Waals surface area contributed by atoms with E-state index in [2.05, 4.69) is 62.4 Å². The summed E-state index contributed by atoms with van der Waals surface area (Å²) in [6.45, 7) is 9.30. The molecule has 3 heterocycles. The fourth-order valence-corrected chi connectivity index (χ4v) is 3.76. The van der Waals surface area contributed by atoms with E-state index in [-0.39, 0.29) is 0 Å². The van der Waals surface area contributed by atoms with E-state index in [1.54, 1.807) is 6.33 Å². The summed E-state index contributed by atoms with van der Waals surface area (Å²) < 4.78 is 1.88. The molecule has 3 aromatic rings. The first-order chi connectivity index (χ1) is 15.5. The molecule has 0 saturated carbocycles. The number of anilines is 2. The predicted octanol–water partition coefficient (Wildman–Crippen LogP) is 0.0650. The lowest BCUT2D eigenvalue weighted by Gasteiger charge is -2.32. The topological polar surface area (TPSA) is 116 Å². The van der Waals surface area contributed by atoms with Gasteiger partial charge in [-0.05, 0) is 44.7 Å². The Morgan fingerprint density at radius 2 is 2.03 bits per heavy atom. The molecule has 4 rings (SSSR count). The predicted molar refractivity (Wildman–Crippen MR) is 123 cm³/mol. The van der Waals surface area contributed by atoms with Crippen LogP contribution in [0.25, 0.3) is 5.52 Å². The van der Waals surface area contributed by atoms with Gasteiger partial charge in [0.2, 0.25) is 0 Å². The van der Waals surface area contributed by atoms with Crippen LogP contribution in [0, 0.1) is 0 Å². The van der Waals surface area contributed by atoms with Crippen LogP contribution in [0.2, 0.25) is 0 Å². The molecule has 1 aliphatic rings. The fourth-order valence-electron chi connectivity index (χ4n) is 3.76. The van der Waals surface area contributed by atoms with E-state index in [0.29, 0.717) is 11.9 Å². The number of nitrogens with two attached hydrogens (primary N) is 2. The molecule has 0 radical (unpaired) electrons. The Bertz CT molecular complexity index is 1100. The standard InChI is InChI=1S/C22H30N10/c1-16(2)28-29-21(27-23)17-5-4-6-19(13-17)26-22-20-18(7-8-32(20)25-15-24-22)14-31-11-9-30(3)10-12-31/h4-8,13,15-16,23,28H,9-12,14H2,1-3H3,(H,24,25,26)/p+2/b27-23?,29-21-. The van der Waals surface area contributed by atoms with Gasteiger partial charge in [0.1, 0.15) is 17.9 Å². The number of hydrogen-bond donors (Lipinski definition) is 3. The molecule has 0 amide bonds. The Kier molecular flexibility index (Phi) is 6.84. The van der Waals surface area contributed by atoms with E-state index in [1.165, 1.54) is 5.56 Å². The summed E-state index contributed by atoms with van der Waals surface area (Å²) in [6, 6.07) is 10.3. The van der Waals surface area contributed by atoms with Gasteiger partial charge in [-0.15, -0.1) is 5.53 Å². The summed E-state index contributed by atoms with van der Waals surface area (Å²) in [5, 5.41) is 16.1. The van der Waals surface area contributed by atoms with Crippen LogP contribution >= 0.6 is 0 Å². The maximum absolute atomic E-state index is 5.59. The van der Waals surface area contributed by atoms with Crippen molar-refractivity contribution in [3.63, 3.8) is 0 Å². The Morgan fingerprint density at radius 3 is 2.78 bits per heavy atom. The van der Waals surface area contributed by atoms with Gasteiger partial charge in [0.15, 0.2) is 5.82 Å². The summed E-state index contributed by atoms with van der Waals surface area (Å²) in [5.74, 6) is 1.26. The Labute approximate surface area is 187 Å². The largest absolute Gasteiger partial charge is 0.338 e. The van der Waals surface area contributed by atoms with Gasteiger partial charge in [0, 0.05) is 55.3 Å². The second-order valence-electron chi connectivity index (χ2n) is 8.50. The minimum absolute atomic E-state index is 0.315. The molecule has 5 N–H and O–H groups in total. The highest BCUT2D eigenvalue weighted by Crippen LogP contribution is 2.25. The molecule has 2 aromatic heterocycles. The smallest absolute Gasteiger partial charge is 0.279 e. The molecule has 1 aromatic carbocycles. The van der Waals surface area contributed by atoms with Crippen molar-refractivity contribution in [3.05, 3.63) is 54.0 Å². The third-order valence-corrected chi connectivity index (χ3v) is 5.53. The van der Waals surface area contributed by atoms with Crippen LogP contribution in [0.15, 0.2) is 53.1 Å². The Balaban J connectivity index is 1.59. The average Bonchev–Trinajstić information content (AvgIpc) is 3.20. The number of rotatable bonds is 7. The fraction of sp³-hybridized carbons (Fsp3) is 0.409. The van der Waals surface area contributed by atoms with Crippen LogP contribution in [0.4, 0.5) is 11.5 Å².